The second-order valence-electron chi connectivity index (χ2n) is 8.49. The molecule has 0 fully saturated rings. The molecule has 3 aromatic rings. The summed E-state index contributed by atoms with van der Waals surface area (Å²) in [5.74, 6) is 0.172. The van der Waals surface area contributed by atoms with E-state index in [1.165, 1.54) is 0 Å². The van der Waals surface area contributed by atoms with Crippen molar-refractivity contribution in [1.29, 1.82) is 0 Å². The summed E-state index contributed by atoms with van der Waals surface area (Å²) in [6, 6.07) is 20.8. The Morgan fingerprint density at radius 2 is 1.59 bits per heavy atom. The van der Waals surface area contributed by atoms with Gasteiger partial charge in [0.05, 0.1) is 0 Å². The minimum Gasteiger partial charge on any atom is -0.484 e. The molecule has 0 unspecified atom stereocenters. The second kappa shape index (κ2) is 11.8. The summed E-state index contributed by atoms with van der Waals surface area (Å²) in [5, 5.41) is 2.73. The Labute approximate surface area is 210 Å². The number of ether oxygens (including phenoxy) is 1. The van der Waals surface area contributed by atoms with Crippen LogP contribution in [0.5, 0.6) is 5.75 Å². The fourth-order valence-corrected chi connectivity index (χ4v) is 4.17. The Balaban J connectivity index is 1.89. The number of rotatable bonds is 9. The van der Waals surface area contributed by atoms with Gasteiger partial charge in [-0.1, -0.05) is 76.1 Å². The summed E-state index contributed by atoms with van der Waals surface area (Å²) < 4.78 is 6.92. The Hall–Kier alpha value is -3.12. The van der Waals surface area contributed by atoms with E-state index >= 15 is 0 Å². The molecule has 0 aliphatic carbocycles. The van der Waals surface area contributed by atoms with Crippen molar-refractivity contribution >= 4 is 27.7 Å². The van der Waals surface area contributed by atoms with Crippen LogP contribution in [0.25, 0.3) is 0 Å². The fourth-order valence-electron chi connectivity index (χ4n) is 3.95. The van der Waals surface area contributed by atoms with Gasteiger partial charge in [0.15, 0.2) is 6.61 Å². The Morgan fingerprint density at radius 1 is 0.941 bits per heavy atom. The van der Waals surface area contributed by atoms with Crippen molar-refractivity contribution in [2.75, 3.05) is 13.7 Å². The molecule has 0 radical (unpaired) electrons. The molecule has 0 aliphatic heterocycles. The van der Waals surface area contributed by atoms with Gasteiger partial charge in [-0.2, -0.15) is 0 Å². The number of aryl methyl sites for hydroxylation is 3. The van der Waals surface area contributed by atoms with Gasteiger partial charge >= 0.3 is 0 Å². The van der Waals surface area contributed by atoms with Crippen molar-refractivity contribution < 1.29 is 14.3 Å². The van der Waals surface area contributed by atoms with Gasteiger partial charge in [0.1, 0.15) is 11.8 Å². The lowest BCUT2D eigenvalue weighted by Crippen LogP contribution is -2.51. The highest BCUT2D eigenvalue weighted by molar-refractivity contribution is 9.10. The first-order valence-electron chi connectivity index (χ1n) is 11.3. The molecular formula is C28H31BrN2O3. The number of hydrogen-bond donors (Lipinski definition) is 1. The van der Waals surface area contributed by atoms with Gasteiger partial charge in [0.2, 0.25) is 5.91 Å². The van der Waals surface area contributed by atoms with Crippen molar-refractivity contribution in [3.63, 3.8) is 0 Å². The molecule has 0 bridgehead atoms. The largest absolute Gasteiger partial charge is 0.484 e. The summed E-state index contributed by atoms with van der Waals surface area (Å²) in [6.45, 7) is 6.13. The lowest BCUT2D eigenvalue weighted by atomic mass is 10.0. The van der Waals surface area contributed by atoms with Crippen LogP contribution in [-0.2, 0) is 22.6 Å². The summed E-state index contributed by atoms with van der Waals surface area (Å²) >= 11 is 3.56. The SMILES string of the molecule is CNC(=O)[C@H](Cc1ccccc1)N(Cc1cccc(C)c1)C(=O)COc1cc(C)c(Br)c(C)c1. The molecule has 0 spiro atoms. The van der Waals surface area contributed by atoms with Crippen LogP contribution in [0.2, 0.25) is 0 Å². The van der Waals surface area contributed by atoms with Gasteiger partial charge in [0, 0.05) is 24.5 Å². The molecule has 1 N–H and O–H groups in total. The predicted octanol–water partition coefficient (Wildman–Crippen LogP) is 5.14. The van der Waals surface area contributed by atoms with Crippen LogP contribution in [0.3, 0.4) is 0 Å². The van der Waals surface area contributed by atoms with E-state index in [0.29, 0.717) is 18.7 Å². The molecule has 0 heterocycles. The van der Waals surface area contributed by atoms with Crippen LogP contribution in [0.1, 0.15) is 27.8 Å². The maximum absolute atomic E-state index is 13.5. The molecule has 5 nitrogen and oxygen atoms in total. The predicted molar refractivity (Wildman–Crippen MR) is 139 cm³/mol. The number of carbonyl (C=O) groups is 2. The van der Waals surface area contributed by atoms with Crippen LogP contribution in [0.4, 0.5) is 0 Å². The van der Waals surface area contributed by atoms with Crippen molar-refractivity contribution in [3.8, 4) is 5.75 Å². The number of halogens is 1. The third-order valence-corrected chi connectivity index (χ3v) is 6.98. The van der Waals surface area contributed by atoms with E-state index in [4.69, 9.17) is 4.74 Å². The Kier molecular flexibility index (Phi) is 8.88. The third-order valence-electron chi connectivity index (χ3n) is 5.73. The highest BCUT2D eigenvalue weighted by Gasteiger charge is 2.30. The summed E-state index contributed by atoms with van der Waals surface area (Å²) in [7, 11) is 1.60. The fraction of sp³-hybridized carbons (Fsp3) is 0.286. The van der Waals surface area contributed by atoms with E-state index in [1.807, 2.05) is 87.5 Å². The van der Waals surface area contributed by atoms with Crippen LogP contribution >= 0.6 is 15.9 Å². The zero-order chi connectivity index (χ0) is 24.7. The third kappa shape index (κ3) is 6.70. The first-order chi connectivity index (χ1) is 16.3. The molecule has 3 aromatic carbocycles. The average molecular weight is 523 g/mol. The lowest BCUT2D eigenvalue weighted by molar-refractivity contribution is -0.142. The second-order valence-corrected chi connectivity index (χ2v) is 9.28. The summed E-state index contributed by atoms with van der Waals surface area (Å²) in [4.78, 5) is 28.1. The normalized spacial score (nSPS) is 11.6. The standard InChI is InChI=1S/C28H31BrN2O3/c1-19-9-8-12-23(13-19)17-31(25(28(33)30-4)16-22-10-6-5-7-11-22)26(32)18-34-24-14-20(2)27(29)21(3)15-24/h5-15,25H,16-18H2,1-4H3,(H,30,33)/t25-/m0/s1. The summed E-state index contributed by atoms with van der Waals surface area (Å²) in [6.07, 6.45) is 0.411. The quantitative estimate of drug-likeness (QED) is 0.423. The molecule has 178 valence electrons. The molecule has 2 amide bonds. The Morgan fingerprint density at radius 3 is 2.21 bits per heavy atom. The van der Waals surface area contributed by atoms with E-state index in [0.717, 1.165) is 32.3 Å². The first kappa shape index (κ1) is 25.5. The minimum atomic E-state index is -0.669. The molecule has 0 saturated carbocycles. The van der Waals surface area contributed by atoms with Crippen molar-refractivity contribution in [3.05, 3.63) is 99.0 Å². The van der Waals surface area contributed by atoms with Gasteiger partial charge < -0.3 is 15.0 Å². The number of amides is 2. The molecular weight excluding hydrogens is 492 g/mol. The van der Waals surface area contributed by atoms with Crippen molar-refractivity contribution in [2.45, 2.75) is 39.8 Å². The van der Waals surface area contributed by atoms with Crippen molar-refractivity contribution in [1.82, 2.24) is 10.2 Å². The monoisotopic (exact) mass is 522 g/mol. The lowest BCUT2D eigenvalue weighted by Gasteiger charge is -2.31. The first-order valence-corrected chi connectivity index (χ1v) is 12.1. The smallest absolute Gasteiger partial charge is 0.261 e. The van der Waals surface area contributed by atoms with Gasteiger partial charge in [-0.25, -0.2) is 0 Å². The number of hydrogen-bond acceptors (Lipinski definition) is 3. The van der Waals surface area contributed by atoms with E-state index in [2.05, 4.69) is 21.2 Å². The molecule has 0 aromatic heterocycles. The van der Waals surface area contributed by atoms with Gasteiger partial charge in [-0.15, -0.1) is 0 Å². The van der Waals surface area contributed by atoms with E-state index in [9.17, 15) is 9.59 Å². The summed E-state index contributed by atoms with van der Waals surface area (Å²) in [5.41, 5.74) is 5.11. The zero-order valence-electron chi connectivity index (χ0n) is 20.1. The average Bonchev–Trinajstić information content (AvgIpc) is 2.83. The highest BCUT2D eigenvalue weighted by atomic mass is 79.9. The van der Waals surface area contributed by atoms with Crippen LogP contribution in [0, 0.1) is 20.8 Å². The maximum Gasteiger partial charge on any atom is 0.261 e. The van der Waals surface area contributed by atoms with Gasteiger partial charge in [-0.05, 0) is 55.2 Å². The number of carbonyl (C=O) groups excluding carboxylic acids is 2. The van der Waals surface area contributed by atoms with Gasteiger partial charge in [0.25, 0.3) is 5.91 Å². The molecule has 1 atom stereocenters. The molecule has 0 aliphatic rings. The molecule has 0 saturated heterocycles. The number of likely N-dealkylation sites (N-methyl/N-ethyl adjacent to an activating group) is 1. The zero-order valence-corrected chi connectivity index (χ0v) is 21.7. The van der Waals surface area contributed by atoms with Crippen molar-refractivity contribution in [2.24, 2.45) is 0 Å². The maximum atomic E-state index is 13.5. The Bertz CT molecular complexity index is 1120. The molecule has 3 rings (SSSR count). The van der Waals surface area contributed by atoms with Crippen LogP contribution in [0.15, 0.2) is 71.2 Å². The van der Waals surface area contributed by atoms with Gasteiger partial charge in [-0.3, -0.25) is 9.59 Å². The van der Waals surface area contributed by atoms with E-state index < -0.39 is 6.04 Å². The number of nitrogens with one attached hydrogen (secondary N) is 1. The van der Waals surface area contributed by atoms with E-state index in [1.54, 1.807) is 11.9 Å². The molecule has 6 heteroatoms. The molecule has 34 heavy (non-hydrogen) atoms. The van der Waals surface area contributed by atoms with E-state index in [-0.39, 0.29) is 18.4 Å². The highest BCUT2D eigenvalue weighted by Crippen LogP contribution is 2.26. The minimum absolute atomic E-state index is 0.158. The van der Waals surface area contributed by atoms with Crippen LogP contribution < -0.4 is 10.1 Å². The van der Waals surface area contributed by atoms with Crippen LogP contribution in [-0.4, -0.2) is 36.4 Å². The number of nitrogens with zero attached hydrogens (tertiary/aromatic N) is 1. The number of benzene rings is 3. The topological polar surface area (TPSA) is 58.6 Å².